The Bertz CT molecular complexity index is 591. The van der Waals surface area contributed by atoms with Gasteiger partial charge in [-0.2, -0.15) is 0 Å². The minimum Gasteiger partial charge on any atom is -0.480 e. The molecule has 1 atom stereocenters. The number of nitrogens with one attached hydrogen (secondary N) is 1. The van der Waals surface area contributed by atoms with Crippen molar-refractivity contribution in [3.05, 3.63) is 60.2 Å². The van der Waals surface area contributed by atoms with Gasteiger partial charge in [0.05, 0.1) is 0 Å². The van der Waals surface area contributed by atoms with E-state index >= 15 is 0 Å². The van der Waals surface area contributed by atoms with E-state index in [1.54, 1.807) is 0 Å². The number of rotatable bonds is 7. The second-order valence-electron chi connectivity index (χ2n) is 5.96. The summed E-state index contributed by atoms with van der Waals surface area (Å²) < 4.78 is 0. The van der Waals surface area contributed by atoms with Crippen LogP contribution in [0.3, 0.4) is 0 Å². The van der Waals surface area contributed by atoms with Crippen LogP contribution in [-0.4, -0.2) is 17.1 Å². The molecule has 0 aliphatic heterocycles. The Labute approximate surface area is 132 Å². The summed E-state index contributed by atoms with van der Waals surface area (Å²) in [6.45, 7) is 4.64. The summed E-state index contributed by atoms with van der Waals surface area (Å²) in [5, 5.41) is 12.4. The van der Waals surface area contributed by atoms with E-state index in [0.717, 1.165) is 5.56 Å². The van der Waals surface area contributed by atoms with Crippen LogP contribution < -0.4 is 5.32 Å². The van der Waals surface area contributed by atoms with Crippen LogP contribution in [0.1, 0.15) is 25.8 Å². The first kappa shape index (κ1) is 16.2. The van der Waals surface area contributed by atoms with Gasteiger partial charge in [-0.25, -0.2) is 0 Å². The van der Waals surface area contributed by atoms with Gasteiger partial charge in [0.2, 0.25) is 0 Å². The number of aliphatic carboxylic acids is 1. The van der Waals surface area contributed by atoms with Crippen molar-refractivity contribution < 1.29 is 9.90 Å². The molecule has 2 N–H and O–H groups in total. The third-order valence-electron chi connectivity index (χ3n) is 3.62. The summed E-state index contributed by atoms with van der Waals surface area (Å²) in [6.07, 6.45) is 0.636. The Kier molecular flexibility index (Phi) is 5.73. The van der Waals surface area contributed by atoms with Crippen LogP contribution in [0.4, 0.5) is 0 Å². The fourth-order valence-electron chi connectivity index (χ4n) is 2.43. The van der Waals surface area contributed by atoms with E-state index in [1.165, 1.54) is 11.1 Å². The van der Waals surface area contributed by atoms with Gasteiger partial charge < -0.3 is 10.4 Å². The van der Waals surface area contributed by atoms with Crippen LogP contribution in [0, 0.1) is 5.92 Å². The molecule has 0 aromatic heterocycles. The summed E-state index contributed by atoms with van der Waals surface area (Å²) >= 11 is 0. The average molecular weight is 297 g/mol. The normalized spacial score (nSPS) is 12.3. The number of carbonyl (C=O) groups is 1. The van der Waals surface area contributed by atoms with Crippen molar-refractivity contribution in [1.82, 2.24) is 5.32 Å². The SMILES string of the molecule is CC(C)C[C@H](NCc1ccc(-c2ccccc2)cc1)C(=O)O. The lowest BCUT2D eigenvalue weighted by Gasteiger charge is -2.16. The van der Waals surface area contributed by atoms with Gasteiger partial charge in [0.1, 0.15) is 6.04 Å². The summed E-state index contributed by atoms with van der Waals surface area (Å²) in [4.78, 5) is 11.2. The third kappa shape index (κ3) is 4.71. The molecule has 0 saturated heterocycles. The Morgan fingerprint density at radius 2 is 1.59 bits per heavy atom. The van der Waals surface area contributed by atoms with Crippen molar-refractivity contribution >= 4 is 5.97 Å². The molecule has 22 heavy (non-hydrogen) atoms. The quantitative estimate of drug-likeness (QED) is 0.813. The van der Waals surface area contributed by atoms with Crippen LogP contribution in [-0.2, 0) is 11.3 Å². The highest BCUT2D eigenvalue weighted by Crippen LogP contribution is 2.19. The molecule has 116 valence electrons. The molecule has 2 rings (SSSR count). The maximum atomic E-state index is 11.2. The van der Waals surface area contributed by atoms with Gasteiger partial charge in [-0.05, 0) is 29.0 Å². The maximum absolute atomic E-state index is 11.2. The molecule has 0 radical (unpaired) electrons. The zero-order valence-corrected chi connectivity index (χ0v) is 13.1. The molecule has 0 unspecified atom stereocenters. The monoisotopic (exact) mass is 297 g/mol. The highest BCUT2D eigenvalue weighted by atomic mass is 16.4. The molecule has 2 aromatic rings. The Balaban J connectivity index is 1.98. The molecule has 0 spiro atoms. The molecule has 0 amide bonds. The van der Waals surface area contributed by atoms with Crippen LogP contribution in [0.25, 0.3) is 11.1 Å². The van der Waals surface area contributed by atoms with E-state index in [9.17, 15) is 9.90 Å². The molecule has 0 aliphatic rings. The maximum Gasteiger partial charge on any atom is 0.320 e. The summed E-state index contributed by atoms with van der Waals surface area (Å²) in [5.74, 6) is -0.427. The first-order chi connectivity index (χ1) is 10.6. The molecule has 0 bridgehead atoms. The van der Waals surface area contributed by atoms with Crippen molar-refractivity contribution in [3.63, 3.8) is 0 Å². The van der Waals surface area contributed by atoms with Gasteiger partial charge in [-0.1, -0.05) is 68.4 Å². The van der Waals surface area contributed by atoms with Crippen LogP contribution in [0.5, 0.6) is 0 Å². The number of carboxylic acids is 1. The Morgan fingerprint density at radius 1 is 1.00 bits per heavy atom. The fraction of sp³-hybridized carbons (Fsp3) is 0.316. The second-order valence-corrected chi connectivity index (χ2v) is 5.96. The van der Waals surface area contributed by atoms with E-state index in [2.05, 4.69) is 29.6 Å². The van der Waals surface area contributed by atoms with Gasteiger partial charge in [-0.3, -0.25) is 4.79 Å². The molecule has 0 aliphatic carbocycles. The van der Waals surface area contributed by atoms with E-state index in [-0.39, 0.29) is 0 Å². The number of hydrogen-bond donors (Lipinski definition) is 2. The zero-order chi connectivity index (χ0) is 15.9. The lowest BCUT2D eigenvalue weighted by atomic mass is 10.0. The van der Waals surface area contributed by atoms with Crippen LogP contribution >= 0.6 is 0 Å². The Morgan fingerprint density at radius 3 is 2.14 bits per heavy atom. The fourth-order valence-corrected chi connectivity index (χ4v) is 2.43. The highest BCUT2D eigenvalue weighted by molar-refractivity contribution is 5.73. The first-order valence-corrected chi connectivity index (χ1v) is 7.67. The standard InChI is InChI=1S/C19H23NO2/c1-14(2)12-18(19(21)22)20-13-15-8-10-17(11-9-15)16-6-4-3-5-7-16/h3-11,14,18,20H,12-13H2,1-2H3,(H,21,22)/t18-/m0/s1. The van der Waals surface area contributed by atoms with Crippen molar-refractivity contribution in [2.24, 2.45) is 5.92 Å². The van der Waals surface area contributed by atoms with Crippen molar-refractivity contribution in [1.29, 1.82) is 0 Å². The van der Waals surface area contributed by atoms with Gasteiger partial charge in [0.25, 0.3) is 0 Å². The van der Waals surface area contributed by atoms with Gasteiger partial charge >= 0.3 is 5.97 Å². The van der Waals surface area contributed by atoms with Crippen LogP contribution in [0.15, 0.2) is 54.6 Å². The first-order valence-electron chi connectivity index (χ1n) is 7.67. The highest BCUT2D eigenvalue weighted by Gasteiger charge is 2.17. The lowest BCUT2D eigenvalue weighted by molar-refractivity contribution is -0.140. The second kappa shape index (κ2) is 7.76. The summed E-state index contributed by atoms with van der Waals surface area (Å²) in [7, 11) is 0. The van der Waals surface area contributed by atoms with Crippen LogP contribution in [0.2, 0.25) is 0 Å². The van der Waals surface area contributed by atoms with Crippen molar-refractivity contribution in [2.75, 3.05) is 0 Å². The number of carboxylic acid groups (broad SMARTS) is 1. The summed E-state index contributed by atoms with van der Waals surface area (Å²) in [6, 6.07) is 18.0. The largest absolute Gasteiger partial charge is 0.480 e. The predicted octanol–water partition coefficient (Wildman–Crippen LogP) is 3.94. The molecular formula is C19H23NO2. The minimum atomic E-state index is -0.783. The van der Waals surface area contributed by atoms with Crippen molar-refractivity contribution in [3.8, 4) is 11.1 Å². The van der Waals surface area contributed by atoms with E-state index in [1.807, 2.05) is 44.2 Å². The van der Waals surface area contributed by atoms with E-state index in [4.69, 9.17) is 0 Å². The molecule has 3 heteroatoms. The van der Waals surface area contributed by atoms with Gasteiger partial charge in [-0.15, -0.1) is 0 Å². The summed E-state index contributed by atoms with van der Waals surface area (Å²) in [5.41, 5.74) is 3.45. The molecule has 2 aromatic carbocycles. The lowest BCUT2D eigenvalue weighted by Crippen LogP contribution is -2.37. The molecule has 3 nitrogen and oxygen atoms in total. The smallest absolute Gasteiger partial charge is 0.320 e. The van der Waals surface area contributed by atoms with Gasteiger partial charge in [0.15, 0.2) is 0 Å². The zero-order valence-electron chi connectivity index (χ0n) is 13.1. The van der Waals surface area contributed by atoms with Gasteiger partial charge in [0, 0.05) is 6.54 Å². The third-order valence-corrected chi connectivity index (χ3v) is 3.62. The Hall–Kier alpha value is -2.13. The minimum absolute atomic E-state index is 0.356. The average Bonchev–Trinajstić information content (AvgIpc) is 2.52. The molecule has 0 heterocycles. The molecular weight excluding hydrogens is 274 g/mol. The predicted molar refractivity (Wildman–Crippen MR) is 89.6 cm³/mol. The number of benzene rings is 2. The molecule has 0 fully saturated rings. The van der Waals surface area contributed by atoms with E-state index < -0.39 is 12.0 Å². The molecule has 0 saturated carbocycles. The number of hydrogen-bond acceptors (Lipinski definition) is 2. The topological polar surface area (TPSA) is 49.3 Å². The van der Waals surface area contributed by atoms with E-state index in [0.29, 0.717) is 18.9 Å². The van der Waals surface area contributed by atoms with Crippen molar-refractivity contribution in [2.45, 2.75) is 32.9 Å².